The predicted octanol–water partition coefficient (Wildman–Crippen LogP) is 1.18. The maximum atomic E-state index is 12.5. The van der Waals surface area contributed by atoms with Crippen LogP contribution in [0.4, 0.5) is 0 Å². The number of hydrogen-bond acceptors (Lipinski definition) is 3. The second-order valence-corrected chi connectivity index (χ2v) is 5.99. The topological polar surface area (TPSA) is 58.6 Å². The Labute approximate surface area is 115 Å². The summed E-state index contributed by atoms with van der Waals surface area (Å²) in [6, 6.07) is -0.436. The van der Waals surface area contributed by atoms with Crippen molar-refractivity contribution < 1.29 is 14.3 Å². The summed E-state index contributed by atoms with van der Waals surface area (Å²) in [6.45, 7) is 10.4. The Kier molecular flexibility index (Phi) is 5.79. The van der Waals surface area contributed by atoms with Gasteiger partial charge in [-0.05, 0) is 18.8 Å². The molecule has 0 saturated carbocycles. The third-order valence-corrected chi connectivity index (χ3v) is 3.26. The van der Waals surface area contributed by atoms with E-state index in [9.17, 15) is 9.59 Å². The maximum Gasteiger partial charge on any atom is 0.245 e. The van der Waals surface area contributed by atoms with Gasteiger partial charge < -0.3 is 15.0 Å². The zero-order chi connectivity index (χ0) is 14.5. The molecule has 1 heterocycles. The summed E-state index contributed by atoms with van der Waals surface area (Å²) in [4.78, 5) is 25.9. The maximum absolute atomic E-state index is 12.5. The fourth-order valence-corrected chi connectivity index (χ4v) is 2.13. The van der Waals surface area contributed by atoms with E-state index in [-0.39, 0.29) is 17.2 Å². The smallest absolute Gasteiger partial charge is 0.245 e. The van der Waals surface area contributed by atoms with Crippen molar-refractivity contribution in [3.05, 3.63) is 0 Å². The molecule has 1 aliphatic heterocycles. The van der Waals surface area contributed by atoms with E-state index >= 15 is 0 Å². The van der Waals surface area contributed by atoms with Crippen LogP contribution in [0.15, 0.2) is 0 Å². The summed E-state index contributed by atoms with van der Waals surface area (Å²) >= 11 is 0. The van der Waals surface area contributed by atoms with Gasteiger partial charge in [-0.25, -0.2) is 0 Å². The lowest BCUT2D eigenvalue weighted by Crippen LogP contribution is -2.52. The van der Waals surface area contributed by atoms with Crippen molar-refractivity contribution in [2.75, 3.05) is 26.3 Å². The van der Waals surface area contributed by atoms with Crippen LogP contribution in [-0.2, 0) is 14.3 Å². The first-order chi connectivity index (χ1) is 8.86. The molecule has 19 heavy (non-hydrogen) atoms. The molecule has 1 N–H and O–H groups in total. The highest BCUT2D eigenvalue weighted by Crippen LogP contribution is 2.23. The number of amides is 2. The standard InChI is InChI=1S/C14H26N2O3/c1-5-19-10-6-8-16-9-7-11(17)15-12(13(16)18)14(2,3)4/h12H,5-10H2,1-4H3,(H,15,17). The molecule has 0 aromatic heterocycles. The van der Waals surface area contributed by atoms with Gasteiger partial charge in [0.25, 0.3) is 0 Å². The molecule has 2 amide bonds. The van der Waals surface area contributed by atoms with Crippen molar-refractivity contribution in [2.24, 2.45) is 5.41 Å². The summed E-state index contributed by atoms with van der Waals surface area (Å²) < 4.78 is 5.29. The minimum atomic E-state index is -0.436. The monoisotopic (exact) mass is 270 g/mol. The van der Waals surface area contributed by atoms with E-state index in [0.29, 0.717) is 32.7 Å². The summed E-state index contributed by atoms with van der Waals surface area (Å²) in [5.41, 5.74) is -0.269. The summed E-state index contributed by atoms with van der Waals surface area (Å²) in [6.07, 6.45) is 1.19. The molecule has 5 heteroatoms. The molecule has 1 unspecified atom stereocenters. The van der Waals surface area contributed by atoms with Gasteiger partial charge in [0.15, 0.2) is 0 Å². The predicted molar refractivity (Wildman–Crippen MR) is 73.7 cm³/mol. The summed E-state index contributed by atoms with van der Waals surface area (Å²) in [7, 11) is 0. The summed E-state index contributed by atoms with van der Waals surface area (Å²) in [5, 5.41) is 2.84. The number of carbonyl (C=O) groups is 2. The highest BCUT2D eigenvalue weighted by atomic mass is 16.5. The Morgan fingerprint density at radius 1 is 1.37 bits per heavy atom. The molecule has 1 fully saturated rings. The van der Waals surface area contributed by atoms with Crippen LogP contribution < -0.4 is 5.32 Å². The molecule has 0 aliphatic carbocycles. The quantitative estimate of drug-likeness (QED) is 0.763. The van der Waals surface area contributed by atoms with Crippen molar-refractivity contribution in [1.29, 1.82) is 0 Å². The fourth-order valence-electron chi connectivity index (χ4n) is 2.13. The Morgan fingerprint density at radius 3 is 2.63 bits per heavy atom. The van der Waals surface area contributed by atoms with Crippen LogP contribution in [0.25, 0.3) is 0 Å². The molecule has 0 aromatic rings. The Hall–Kier alpha value is -1.10. The van der Waals surface area contributed by atoms with Crippen molar-refractivity contribution in [1.82, 2.24) is 10.2 Å². The van der Waals surface area contributed by atoms with Crippen LogP contribution in [0.2, 0.25) is 0 Å². The average molecular weight is 270 g/mol. The minimum Gasteiger partial charge on any atom is -0.382 e. The molecular formula is C14H26N2O3. The number of hydrogen-bond donors (Lipinski definition) is 1. The van der Waals surface area contributed by atoms with Crippen molar-refractivity contribution >= 4 is 11.8 Å². The second kappa shape index (κ2) is 6.89. The second-order valence-electron chi connectivity index (χ2n) is 5.99. The molecule has 0 bridgehead atoms. The first kappa shape index (κ1) is 16.0. The van der Waals surface area contributed by atoms with Crippen molar-refractivity contribution in [3.63, 3.8) is 0 Å². The van der Waals surface area contributed by atoms with Crippen LogP contribution in [0.1, 0.15) is 40.5 Å². The minimum absolute atomic E-state index is 0.0230. The van der Waals surface area contributed by atoms with Gasteiger partial charge in [-0.2, -0.15) is 0 Å². The van der Waals surface area contributed by atoms with Crippen LogP contribution in [0.3, 0.4) is 0 Å². The molecule has 0 radical (unpaired) electrons. The fraction of sp³-hybridized carbons (Fsp3) is 0.857. The molecule has 5 nitrogen and oxygen atoms in total. The lowest BCUT2D eigenvalue weighted by Gasteiger charge is -2.32. The molecule has 1 saturated heterocycles. The van der Waals surface area contributed by atoms with Crippen LogP contribution in [-0.4, -0.2) is 49.1 Å². The number of ether oxygens (including phenoxy) is 1. The SMILES string of the molecule is CCOCCCN1CCC(=O)NC(C(C)(C)C)C1=O. The van der Waals surface area contributed by atoms with Gasteiger partial charge in [-0.3, -0.25) is 9.59 Å². The van der Waals surface area contributed by atoms with Gasteiger partial charge in [0.1, 0.15) is 6.04 Å². The highest BCUT2D eigenvalue weighted by molar-refractivity contribution is 5.90. The number of nitrogens with one attached hydrogen (secondary N) is 1. The largest absolute Gasteiger partial charge is 0.382 e. The number of nitrogens with zero attached hydrogens (tertiary/aromatic N) is 1. The first-order valence-electron chi connectivity index (χ1n) is 7.02. The molecule has 110 valence electrons. The highest BCUT2D eigenvalue weighted by Gasteiger charge is 2.37. The van der Waals surface area contributed by atoms with Crippen LogP contribution in [0.5, 0.6) is 0 Å². The Bertz CT molecular complexity index is 323. The van der Waals surface area contributed by atoms with Gasteiger partial charge in [0, 0.05) is 32.7 Å². The molecular weight excluding hydrogens is 244 g/mol. The van der Waals surface area contributed by atoms with E-state index in [2.05, 4.69) is 5.32 Å². The van der Waals surface area contributed by atoms with Gasteiger partial charge in [0.2, 0.25) is 11.8 Å². The van der Waals surface area contributed by atoms with E-state index in [4.69, 9.17) is 4.74 Å². The van der Waals surface area contributed by atoms with E-state index in [1.54, 1.807) is 4.90 Å². The molecule has 1 aliphatic rings. The number of carbonyl (C=O) groups excluding carboxylic acids is 2. The molecule has 1 atom stereocenters. The van der Waals surface area contributed by atoms with E-state index in [0.717, 1.165) is 6.42 Å². The van der Waals surface area contributed by atoms with Crippen LogP contribution >= 0.6 is 0 Å². The first-order valence-corrected chi connectivity index (χ1v) is 7.02. The van der Waals surface area contributed by atoms with Gasteiger partial charge in [0.05, 0.1) is 0 Å². The summed E-state index contributed by atoms with van der Waals surface area (Å²) in [5.74, 6) is -0.0181. The van der Waals surface area contributed by atoms with Crippen molar-refractivity contribution in [2.45, 2.75) is 46.6 Å². The third-order valence-electron chi connectivity index (χ3n) is 3.26. The lowest BCUT2D eigenvalue weighted by atomic mass is 9.86. The zero-order valence-corrected chi connectivity index (χ0v) is 12.5. The lowest BCUT2D eigenvalue weighted by molar-refractivity contribution is -0.136. The van der Waals surface area contributed by atoms with Gasteiger partial charge in [-0.1, -0.05) is 20.8 Å². The molecule has 1 rings (SSSR count). The normalized spacial score (nSPS) is 21.3. The zero-order valence-electron chi connectivity index (χ0n) is 12.5. The number of rotatable bonds is 5. The van der Waals surface area contributed by atoms with Gasteiger partial charge >= 0.3 is 0 Å². The molecule has 0 aromatic carbocycles. The average Bonchev–Trinajstić information content (AvgIpc) is 2.46. The van der Waals surface area contributed by atoms with E-state index in [1.165, 1.54) is 0 Å². The Morgan fingerprint density at radius 2 is 2.05 bits per heavy atom. The Balaban J connectivity index is 2.65. The van der Waals surface area contributed by atoms with Crippen molar-refractivity contribution in [3.8, 4) is 0 Å². The van der Waals surface area contributed by atoms with E-state index < -0.39 is 6.04 Å². The van der Waals surface area contributed by atoms with Gasteiger partial charge in [-0.15, -0.1) is 0 Å². The van der Waals surface area contributed by atoms with E-state index in [1.807, 2.05) is 27.7 Å². The molecule has 0 spiro atoms. The third kappa shape index (κ3) is 4.82. The van der Waals surface area contributed by atoms with Crippen LogP contribution in [0, 0.1) is 5.41 Å².